The molecule has 3 heterocycles. The molecule has 0 spiro atoms. The summed E-state index contributed by atoms with van der Waals surface area (Å²) in [7, 11) is -0.272. The van der Waals surface area contributed by atoms with Crippen molar-refractivity contribution in [1.82, 2.24) is 9.73 Å². The molecular formula is C29H35FN4O4S. The predicted octanol–water partition coefficient (Wildman–Crippen LogP) is 3.69. The Hall–Kier alpha value is -2.76. The van der Waals surface area contributed by atoms with Crippen LogP contribution < -0.4 is 15.3 Å². The first-order valence-electron chi connectivity index (χ1n) is 13.4. The molecule has 0 unspecified atom stereocenters. The number of methoxy groups -OCH3 is 2. The molecule has 1 aliphatic carbocycles. The molecule has 2 fully saturated rings. The Balaban J connectivity index is 1.23. The molecular weight excluding hydrogens is 519 g/mol. The van der Waals surface area contributed by atoms with Gasteiger partial charge in [-0.15, -0.1) is 0 Å². The Morgan fingerprint density at radius 1 is 1.05 bits per heavy atom. The van der Waals surface area contributed by atoms with Gasteiger partial charge in [-0.2, -0.15) is 4.31 Å². The molecule has 2 aromatic carbocycles. The van der Waals surface area contributed by atoms with E-state index in [0.29, 0.717) is 44.0 Å². The molecule has 2 aromatic rings. The Labute approximate surface area is 229 Å². The standard InChI is InChI=1S/C29H35FN4O4S/c1-37-20-29-16-21-17-31-34(25-5-3-23(30)4-6-25)28(21)15-22(29)11-14-33(19-29)39(35,36)27-9-7-24(8-10-27)32-13-12-26(18-32)38-2/h3-10,15,26,31H,11-14,16-20H2,1-2H3/t26-,29+/m0/s1. The summed E-state index contributed by atoms with van der Waals surface area (Å²) < 4.78 is 53.9. The molecule has 3 aliphatic heterocycles. The molecule has 2 atom stereocenters. The van der Waals surface area contributed by atoms with Gasteiger partial charge in [0.25, 0.3) is 0 Å². The third-order valence-electron chi connectivity index (χ3n) is 8.53. The monoisotopic (exact) mass is 554 g/mol. The number of rotatable bonds is 7. The Morgan fingerprint density at radius 2 is 1.79 bits per heavy atom. The number of allylic oxidation sites excluding steroid dienone is 1. The van der Waals surface area contributed by atoms with E-state index in [1.165, 1.54) is 23.3 Å². The fourth-order valence-corrected chi connectivity index (χ4v) is 7.98. The summed E-state index contributed by atoms with van der Waals surface area (Å²) >= 11 is 0. The lowest BCUT2D eigenvalue weighted by molar-refractivity contribution is 0.0721. The number of ether oxygens (including phenoxy) is 2. The number of hydrogen-bond acceptors (Lipinski definition) is 7. The first kappa shape index (κ1) is 26.5. The van der Waals surface area contributed by atoms with E-state index in [1.54, 1.807) is 42.8 Å². The van der Waals surface area contributed by atoms with Crippen LogP contribution in [0.15, 0.2) is 76.3 Å². The Kier molecular flexibility index (Phi) is 7.01. The molecule has 6 rings (SSSR count). The fourth-order valence-electron chi connectivity index (χ4n) is 6.45. The second-order valence-electron chi connectivity index (χ2n) is 10.9. The van der Waals surface area contributed by atoms with Crippen LogP contribution in [0.4, 0.5) is 15.8 Å². The van der Waals surface area contributed by atoms with Crippen LogP contribution in [0.5, 0.6) is 0 Å². The number of halogens is 1. The molecule has 0 aromatic heterocycles. The lowest BCUT2D eigenvalue weighted by Crippen LogP contribution is -2.50. The van der Waals surface area contributed by atoms with E-state index >= 15 is 0 Å². The van der Waals surface area contributed by atoms with Crippen molar-refractivity contribution in [2.24, 2.45) is 5.41 Å². The molecule has 208 valence electrons. The maximum absolute atomic E-state index is 13.8. The van der Waals surface area contributed by atoms with Crippen molar-refractivity contribution >= 4 is 21.4 Å². The molecule has 10 heteroatoms. The van der Waals surface area contributed by atoms with Gasteiger partial charge in [-0.3, -0.25) is 5.01 Å². The molecule has 4 aliphatic rings. The highest BCUT2D eigenvalue weighted by Crippen LogP contribution is 2.48. The number of sulfonamides is 1. The highest BCUT2D eigenvalue weighted by molar-refractivity contribution is 7.89. The van der Waals surface area contributed by atoms with Crippen LogP contribution in [-0.2, 0) is 19.5 Å². The number of fused-ring (bicyclic) bond motifs is 1. The summed E-state index contributed by atoms with van der Waals surface area (Å²) in [5, 5.41) is 2.00. The molecule has 0 radical (unpaired) electrons. The minimum Gasteiger partial charge on any atom is -0.384 e. The van der Waals surface area contributed by atoms with Crippen LogP contribution in [0, 0.1) is 11.2 Å². The zero-order valence-electron chi connectivity index (χ0n) is 22.4. The summed E-state index contributed by atoms with van der Waals surface area (Å²) in [5.41, 5.74) is 8.33. The molecule has 2 saturated heterocycles. The Bertz CT molecular complexity index is 1390. The molecule has 1 N–H and O–H groups in total. The van der Waals surface area contributed by atoms with Crippen LogP contribution >= 0.6 is 0 Å². The van der Waals surface area contributed by atoms with Gasteiger partial charge in [0.15, 0.2) is 0 Å². The topological polar surface area (TPSA) is 74.3 Å². The van der Waals surface area contributed by atoms with Gasteiger partial charge in [0.2, 0.25) is 10.0 Å². The van der Waals surface area contributed by atoms with E-state index in [2.05, 4.69) is 16.4 Å². The molecule has 0 saturated carbocycles. The van der Waals surface area contributed by atoms with Crippen molar-refractivity contribution in [1.29, 1.82) is 0 Å². The maximum Gasteiger partial charge on any atom is 0.243 e. The second-order valence-corrected chi connectivity index (χ2v) is 12.8. The molecule has 0 bridgehead atoms. The SMILES string of the molecule is COC[C@]12CC3=C(C=C1CCN(S(=O)(=O)c1ccc(N4CC[C@H](OC)C4)cc1)C2)N(c1ccc(F)cc1)NC3. The largest absolute Gasteiger partial charge is 0.384 e. The molecule has 0 amide bonds. The van der Waals surface area contributed by atoms with Gasteiger partial charge in [-0.25, -0.2) is 18.2 Å². The van der Waals surface area contributed by atoms with Crippen molar-refractivity contribution in [2.45, 2.75) is 30.3 Å². The molecule has 39 heavy (non-hydrogen) atoms. The zero-order valence-corrected chi connectivity index (χ0v) is 23.2. The first-order chi connectivity index (χ1) is 18.8. The quantitative estimate of drug-likeness (QED) is 0.560. The Morgan fingerprint density at radius 3 is 2.49 bits per heavy atom. The maximum atomic E-state index is 13.8. The average Bonchev–Trinajstić information content (AvgIpc) is 3.59. The number of nitrogens with zero attached hydrogens (tertiary/aromatic N) is 3. The van der Waals surface area contributed by atoms with Crippen molar-refractivity contribution in [3.63, 3.8) is 0 Å². The van der Waals surface area contributed by atoms with Gasteiger partial charge < -0.3 is 14.4 Å². The van der Waals surface area contributed by atoms with Crippen molar-refractivity contribution in [2.75, 3.05) is 63.5 Å². The number of benzene rings is 2. The van der Waals surface area contributed by atoms with Gasteiger partial charge in [0, 0.05) is 58.0 Å². The minimum absolute atomic E-state index is 0.213. The predicted molar refractivity (Wildman–Crippen MR) is 148 cm³/mol. The van der Waals surface area contributed by atoms with Gasteiger partial charge in [-0.05, 0) is 79.4 Å². The summed E-state index contributed by atoms with van der Waals surface area (Å²) in [6, 6.07) is 13.7. The minimum atomic E-state index is -3.67. The number of nitrogens with one attached hydrogen (secondary N) is 1. The number of hydrogen-bond donors (Lipinski definition) is 1. The van der Waals surface area contributed by atoms with Gasteiger partial charge >= 0.3 is 0 Å². The number of hydrazine groups is 1. The van der Waals surface area contributed by atoms with E-state index in [4.69, 9.17) is 9.47 Å². The highest BCUT2D eigenvalue weighted by atomic mass is 32.2. The van der Waals surface area contributed by atoms with Crippen LogP contribution in [0.3, 0.4) is 0 Å². The van der Waals surface area contributed by atoms with Gasteiger partial charge in [-0.1, -0.05) is 5.57 Å². The van der Waals surface area contributed by atoms with E-state index in [9.17, 15) is 12.8 Å². The summed E-state index contributed by atoms with van der Waals surface area (Å²) in [5.74, 6) is -0.271. The van der Waals surface area contributed by atoms with Crippen molar-refractivity contribution in [3.05, 3.63) is 77.3 Å². The van der Waals surface area contributed by atoms with E-state index in [1.807, 2.05) is 17.1 Å². The lowest BCUT2D eigenvalue weighted by atomic mass is 9.69. The van der Waals surface area contributed by atoms with E-state index in [0.717, 1.165) is 36.6 Å². The van der Waals surface area contributed by atoms with Crippen LogP contribution in [0.25, 0.3) is 0 Å². The zero-order chi connectivity index (χ0) is 27.2. The van der Waals surface area contributed by atoms with E-state index < -0.39 is 15.4 Å². The van der Waals surface area contributed by atoms with Gasteiger partial charge in [0.05, 0.1) is 29.0 Å². The lowest BCUT2D eigenvalue weighted by Gasteiger charge is -2.46. The number of anilines is 2. The third-order valence-corrected chi connectivity index (χ3v) is 10.4. The summed E-state index contributed by atoms with van der Waals surface area (Å²) in [4.78, 5) is 2.54. The van der Waals surface area contributed by atoms with Crippen molar-refractivity contribution in [3.8, 4) is 0 Å². The summed E-state index contributed by atoms with van der Waals surface area (Å²) in [6.07, 6.45) is 4.69. The fraction of sp³-hybridized carbons (Fsp3) is 0.448. The highest BCUT2D eigenvalue weighted by Gasteiger charge is 2.47. The normalized spacial score (nSPS) is 25.6. The third kappa shape index (κ3) is 4.78. The van der Waals surface area contributed by atoms with Crippen molar-refractivity contribution < 1.29 is 22.3 Å². The second kappa shape index (κ2) is 10.3. The first-order valence-corrected chi connectivity index (χ1v) is 14.9. The average molecular weight is 555 g/mol. The van der Waals surface area contributed by atoms with Crippen LogP contribution in [0.1, 0.15) is 19.3 Å². The molecule has 8 nitrogen and oxygen atoms in total. The summed E-state index contributed by atoms with van der Waals surface area (Å²) in [6.45, 7) is 3.58. The van der Waals surface area contributed by atoms with E-state index in [-0.39, 0.29) is 11.9 Å². The van der Waals surface area contributed by atoms with Gasteiger partial charge in [0.1, 0.15) is 5.82 Å². The van der Waals surface area contributed by atoms with Crippen LogP contribution in [-0.4, -0.2) is 72.4 Å². The number of piperidine rings is 1. The smallest absolute Gasteiger partial charge is 0.243 e. The van der Waals surface area contributed by atoms with Crippen LogP contribution in [0.2, 0.25) is 0 Å².